The van der Waals surface area contributed by atoms with Crippen molar-refractivity contribution < 1.29 is 19.8 Å². The van der Waals surface area contributed by atoms with E-state index in [-0.39, 0.29) is 6.42 Å². The van der Waals surface area contributed by atoms with Crippen LogP contribution in [0, 0.1) is 16.7 Å². The fraction of sp³-hybridized carbons (Fsp3) is 0.733. The molecule has 0 heterocycles. The maximum atomic E-state index is 11.8. The molecule has 0 fully saturated rings. The molecular weight excluding hydrogens is 244 g/mol. The Hall–Kier alpha value is -1.32. The molecule has 2 atom stereocenters. The van der Waals surface area contributed by atoms with Crippen molar-refractivity contribution in [2.75, 3.05) is 0 Å². The van der Waals surface area contributed by atoms with Crippen molar-refractivity contribution in [3.63, 3.8) is 0 Å². The standard InChI is InChI=1S/C15H26O4/c1-6-8-9-15(13(18)19,14(3,4)5)10-11(7-2)12(16)17/h6,8,11H,7,9-10H2,1-5H3,(H,16,17)(H,18,19). The Morgan fingerprint density at radius 3 is 2.00 bits per heavy atom. The third-order valence-electron chi connectivity index (χ3n) is 3.98. The van der Waals surface area contributed by atoms with Gasteiger partial charge in [-0.15, -0.1) is 0 Å². The van der Waals surface area contributed by atoms with Crippen LogP contribution in [0.25, 0.3) is 0 Å². The highest BCUT2D eigenvalue weighted by Crippen LogP contribution is 2.47. The van der Waals surface area contributed by atoms with E-state index in [1.54, 1.807) is 6.92 Å². The quantitative estimate of drug-likeness (QED) is 0.693. The second kappa shape index (κ2) is 6.73. The van der Waals surface area contributed by atoms with Gasteiger partial charge in [0, 0.05) is 0 Å². The first-order valence-corrected chi connectivity index (χ1v) is 6.69. The highest BCUT2D eigenvalue weighted by Gasteiger charge is 2.49. The second-order valence-corrected chi connectivity index (χ2v) is 6.06. The first-order valence-electron chi connectivity index (χ1n) is 6.69. The largest absolute Gasteiger partial charge is 0.481 e. The molecular formula is C15H26O4. The first-order chi connectivity index (χ1) is 8.62. The maximum Gasteiger partial charge on any atom is 0.310 e. The van der Waals surface area contributed by atoms with E-state index < -0.39 is 28.7 Å². The molecule has 0 aromatic rings. The van der Waals surface area contributed by atoms with Gasteiger partial charge in [0.25, 0.3) is 0 Å². The van der Waals surface area contributed by atoms with Crippen molar-refractivity contribution >= 4 is 11.9 Å². The molecule has 0 aromatic heterocycles. The number of carbonyl (C=O) groups is 2. The molecule has 4 heteroatoms. The van der Waals surface area contributed by atoms with Crippen LogP contribution in [0.2, 0.25) is 0 Å². The Labute approximate surface area is 115 Å². The lowest BCUT2D eigenvalue weighted by molar-refractivity contribution is -0.160. The fourth-order valence-corrected chi connectivity index (χ4v) is 2.34. The second-order valence-electron chi connectivity index (χ2n) is 6.06. The van der Waals surface area contributed by atoms with Crippen molar-refractivity contribution in [1.29, 1.82) is 0 Å². The van der Waals surface area contributed by atoms with Crippen LogP contribution < -0.4 is 0 Å². The van der Waals surface area contributed by atoms with Crippen LogP contribution in [0.1, 0.15) is 53.9 Å². The van der Waals surface area contributed by atoms with E-state index in [9.17, 15) is 19.8 Å². The van der Waals surface area contributed by atoms with E-state index in [0.717, 1.165) is 0 Å². The average molecular weight is 270 g/mol. The molecule has 0 aliphatic carbocycles. The van der Waals surface area contributed by atoms with Crippen LogP contribution in [0.4, 0.5) is 0 Å². The van der Waals surface area contributed by atoms with Gasteiger partial charge >= 0.3 is 11.9 Å². The Morgan fingerprint density at radius 1 is 1.21 bits per heavy atom. The van der Waals surface area contributed by atoms with Crippen LogP contribution in [0.3, 0.4) is 0 Å². The van der Waals surface area contributed by atoms with Gasteiger partial charge in [0.1, 0.15) is 0 Å². The molecule has 2 N–H and O–H groups in total. The molecule has 0 aromatic carbocycles. The van der Waals surface area contributed by atoms with E-state index >= 15 is 0 Å². The van der Waals surface area contributed by atoms with Gasteiger partial charge < -0.3 is 10.2 Å². The molecule has 4 nitrogen and oxygen atoms in total. The molecule has 0 bridgehead atoms. The summed E-state index contributed by atoms with van der Waals surface area (Å²) in [6.45, 7) is 9.20. The fourth-order valence-electron chi connectivity index (χ4n) is 2.34. The predicted octanol–water partition coefficient (Wildman–Crippen LogP) is 3.57. The molecule has 0 amide bonds. The van der Waals surface area contributed by atoms with Crippen LogP contribution in [-0.2, 0) is 9.59 Å². The average Bonchev–Trinajstić information content (AvgIpc) is 2.27. The van der Waals surface area contributed by atoms with Crippen LogP contribution in [0.5, 0.6) is 0 Å². The van der Waals surface area contributed by atoms with Crippen LogP contribution >= 0.6 is 0 Å². The Kier molecular flexibility index (Phi) is 6.27. The summed E-state index contributed by atoms with van der Waals surface area (Å²) in [5.74, 6) is -2.46. The van der Waals surface area contributed by atoms with E-state index in [1.807, 2.05) is 39.8 Å². The van der Waals surface area contributed by atoms with Gasteiger partial charge in [-0.1, -0.05) is 39.8 Å². The number of hydrogen-bond donors (Lipinski definition) is 2. The highest BCUT2D eigenvalue weighted by molar-refractivity contribution is 5.78. The zero-order valence-electron chi connectivity index (χ0n) is 12.6. The van der Waals surface area contributed by atoms with Gasteiger partial charge in [-0.3, -0.25) is 9.59 Å². The molecule has 110 valence electrons. The minimum atomic E-state index is -1.06. The lowest BCUT2D eigenvalue weighted by Crippen LogP contribution is -2.45. The molecule has 0 radical (unpaired) electrons. The number of hydrogen-bond acceptors (Lipinski definition) is 2. The van der Waals surface area contributed by atoms with Crippen molar-refractivity contribution in [2.45, 2.75) is 53.9 Å². The van der Waals surface area contributed by atoms with Gasteiger partial charge in [-0.05, 0) is 31.6 Å². The van der Waals surface area contributed by atoms with E-state index in [0.29, 0.717) is 12.8 Å². The number of carboxylic acids is 2. The molecule has 0 aliphatic rings. The Bertz CT molecular complexity index is 352. The van der Waals surface area contributed by atoms with Crippen molar-refractivity contribution in [3.05, 3.63) is 12.2 Å². The van der Waals surface area contributed by atoms with Crippen LogP contribution in [0.15, 0.2) is 12.2 Å². The van der Waals surface area contributed by atoms with E-state index in [4.69, 9.17) is 0 Å². The minimum Gasteiger partial charge on any atom is -0.481 e. The van der Waals surface area contributed by atoms with Crippen molar-refractivity contribution in [1.82, 2.24) is 0 Å². The summed E-state index contributed by atoms with van der Waals surface area (Å²) in [6, 6.07) is 0. The van der Waals surface area contributed by atoms with Gasteiger partial charge in [-0.25, -0.2) is 0 Å². The summed E-state index contributed by atoms with van der Waals surface area (Å²) < 4.78 is 0. The normalized spacial score (nSPS) is 17.1. The monoisotopic (exact) mass is 270 g/mol. The van der Waals surface area contributed by atoms with Gasteiger partial charge in [0.05, 0.1) is 11.3 Å². The molecule has 0 spiro atoms. The third-order valence-corrected chi connectivity index (χ3v) is 3.98. The van der Waals surface area contributed by atoms with Gasteiger partial charge in [0.2, 0.25) is 0 Å². The summed E-state index contributed by atoms with van der Waals surface area (Å²) >= 11 is 0. The summed E-state index contributed by atoms with van der Waals surface area (Å²) in [7, 11) is 0. The molecule has 0 rings (SSSR count). The maximum absolute atomic E-state index is 11.8. The third kappa shape index (κ3) is 4.08. The van der Waals surface area contributed by atoms with Gasteiger partial charge in [0.15, 0.2) is 0 Å². The molecule has 0 saturated heterocycles. The number of rotatable bonds is 7. The van der Waals surface area contributed by atoms with Gasteiger partial charge in [-0.2, -0.15) is 0 Å². The number of allylic oxidation sites excluding steroid dienone is 2. The molecule has 19 heavy (non-hydrogen) atoms. The summed E-state index contributed by atoms with van der Waals surface area (Å²) in [5.41, 5.74) is -1.57. The topological polar surface area (TPSA) is 74.6 Å². The number of carboxylic acid groups (broad SMARTS) is 2. The zero-order chi connectivity index (χ0) is 15.3. The smallest absolute Gasteiger partial charge is 0.310 e. The predicted molar refractivity (Wildman–Crippen MR) is 75.0 cm³/mol. The summed E-state index contributed by atoms with van der Waals surface area (Å²) in [6.07, 6.45) is 4.57. The lowest BCUT2D eigenvalue weighted by Gasteiger charge is -2.42. The highest BCUT2D eigenvalue weighted by atomic mass is 16.4. The van der Waals surface area contributed by atoms with E-state index in [2.05, 4.69) is 0 Å². The van der Waals surface area contributed by atoms with E-state index in [1.165, 1.54) is 0 Å². The summed E-state index contributed by atoms with van der Waals surface area (Å²) in [4.78, 5) is 23.0. The summed E-state index contributed by atoms with van der Waals surface area (Å²) in [5, 5.41) is 18.9. The molecule has 0 saturated carbocycles. The minimum absolute atomic E-state index is 0.155. The SMILES string of the molecule is CC=CCC(CC(CC)C(=O)O)(C(=O)O)C(C)(C)C. The lowest BCUT2D eigenvalue weighted by atomic mass is 9.60. The first kappa shape index (κ1) is 17.7. The molecule has 2 unspecified atom stereocenters. The van der Waals surface area contributed by atoms with Crippen molar-refractivity contribution in [3.8, 4) is 0 Å². The zero-order valence-corrected chi connectivity index (χ0v) is 12.6. The Morgan fingerprint density at radius 2 is 1.74 bits per heavy atom. The van der Waals surface area contributed by atoms with Crippen molar-refractivity contribution in [2.24, 2.45) is 16.7 Å². The van der Waals surface area contributed by atoms with Crippen LogP contribution in [-0.4, -0.2) is 22.2 Å². The number of aliphatic carboxylic acids is 2. The molecule has 0 aliphatic heterocycles. The Balaban J connectivity index is 5.58.